The van der Waals surface area contributed by atoms with E-state index in [9.17, 15) is 4.79 Å². The van der Waals surface area contributed by atoms with Crippen LogP contribution in [0.2, 0.25) is 0 Å². The van der Waals surface area contributed by atoms with Crippen LogP contribution in [0.25, 0.3) is 0 Å². The number of hydrogen-bond donors (Lipinski definition) is 0. The average Bonchev–Trinajstić information content (AvgIpc) is 2.62. The highest BCUT2D eigenvalue weighted by atomic mass is 16.2. The van der Waals surface area contributed by atoms with Crippen LogP contribution in [0.3, 0.4) is 0 Å². The van der Waals surface area contributed by atoms with Crippen LogP contribution in [0.1, 0.15) is 54.9 Å². The molecule has 0 atom stereocenters. The van der Waals surface area contributed by atoms with Gasteiger partial charge in [-0.25, -0.2) is 0 Å². The molecule has 0 spiro atoms. The molecule has 0 radical (unpaired) electrons. The Balaban J connectivity index is 1.54. The van der Waals surface area contributed by atoms with Crippen molar-refractivity contribution in [3.05, 3.63) is 35.4 Å². The van der Waals surface area contributed by atoms with Crippen LogP contribution in [0, 0.1) is 0 Å². The molecular formula is C19H28N2O. The van der Waals surface area contributed by atoms with E-state index in [1.807, 2.05) is 17.0 Å². The predicted molar refractivity (Wildman–Crippen MR) is 90.2 cm³/mol. The van der Waals surface area contributed by atoms with Crippen LogP contribution >= 0.6 is 0 Å². The summed E-state index contributed by atoms with van der Waals surface area (Å²) in [5, 5.41) is 0. The van der Waals surface area contributed by atoms with Gasteiger partial charge in [-0.05, 0) is 37.0 Å². The molecule has 2 aliphatic rings. The lowest BCUT2D eigenvalue weighted by Crippen LogP contribution is -2.52. The minimum absolute atomic E-state index is 0.200. The van der Waals surface area contributed by atoms with Gasteiger partial charge in [-0.15, -0.1) is 0 Å². The summed E-state index contributed by atoms with van der Waals surface area (Å²) in [5.74, 6) is 0.200. The smallest absolute Gasteiger partial charge is 0.253 e. The second kappa shape index (κ2) is 7.28. The van der Waals surface area contributed by atoms with Crippen molar-refractivity contribution in [1.82, 2.24) is 9.80 Å². The van der Waals surface area contributed by atoms with Crippen molar-refractivity contribution in [1.29, 1.82) is 0 Å². The van der Waals surface area contributed by atoms with Gasteiger partial charge in [-0.3, -0.25) is 9.69 Å². The first-order chi connectivity index (χ1) is 10.8. The van der Waals surface area contributed by atoms with Crippen LogP contribution in [-0.4, -0.2) is 47.9 Å². The van der Waals surface area contributed by atoms with Crippen molar-refractivity contribution >= 4 is 5.91 Å². The second-order valence-electron chi connectivity index (χ2n) is 6.67. The molecule has 1 aromatic carbocycles. The summed E-state index contributed by atoms with van der Waals surface area (Å²) in [6.07, 6.45) is 7.90. The number of amides is 1. The lowest BCUT2D eigenvalue weighted by Gasteiger charge is -2.40. The highest BCUT2D eigenvalue weighted by Crippen LogP contribution is 2.23. The molecule has 1 aromatic rings. The minimum atomic E-state index is 0.200. The summed E-state index contributed by atoms with van der Waals surface area (Å²) in [7, 11) is 0. The van der Waals surface area contributed by atoms with E-state index in [2.05, 4.69) is 24.0 Å². The van der Waals surface area contributed by atoms with Crippen molar-refractivity contribution in [3.63, 3.8) is 0 Å². The fourth-order valence-corrected chi connectivity index (χ4v) is 3.80. The number of piperazine rings is 1. The molecule has 1 amide bonds. The third-order valence-electron chi connectivity index (χ3n) is 5.30. The molecule has 22 heavy (non-hydrogen) atoms. The summed E-state index contributed by atoms with van der Waals surface area (Å²) in [6.45, 7) is 5.99. The van der Waals surface area contributed by atoms with Gasteiger partial charge in [0.2, 0.25) is 0 Å². The number of carbonyl (C=O) groups excluding carboxylic acids is 1. The summed E-state index contributed by atoms with van der Waals surface area (Å²) >= 11 is 0. The lowest BCUT2D eigenvalue weighted by molar-refractivity contribution is 0.0523. The molecule has 0 N–H and O–H groups in total. The molecular weight excluding hydrogens is 272 g/mol. The van der Waals surface area contributed by atoms with Crippen LogP contribution < -0.4 is 0 Å². The lowest BCUT2D eigenvalue weighted by atomic mass is 9.94. The first-order valence-electron chi connectivity index (χ1n) is 8.90. The molecule has 1 saturated heterocycles. The molecule has 3 nitrogen and oxygen atoms in total. The molecule has 1 aliphatic carbocycles. The average molecular weight is 300 g/mol. The van der Waals surface area contributed by atoms with E-state index in [0.717, 1.165) is 44.2 Å². The van der Waals surface area contributed by atoms with Crippen LogP contribution in [0.4, 0.5) is 0 Å². The first-order valence-corrected chi connectivity index (χ1v) is 8.90. The molecule has 3 heteroatoms. The summed E-state index contributed by atoms with van der Waals surface area (Å²) in [4.78, 5) is 17.2. The topological polar surface area (TPSA) is 23.6 Å². The van der Waals surface area contributed by atoms with Crippen molar-refractivity contribution in [2.45, 2.75) is 51.5 Å². The minimum Gasteiger partial charge on any atom is -0.336 e. The van der Waals surface area contributed by atoms with Gasteiger partial charge in [0.15, 0.2) is 0 Å². The van der Waals surface area contributed by atoms with Crippen molar-refractivity contribution in [3.8, 4) is 0 Å². The Morgan fingerprint density at radius 3 is 2.23 bits per heavy atom. The Morgan fingerprint density at radius 2 is 1.64 bits per heavy atom. The number of carbonyl (C=O) groups is 1. The van der Waals surface area contributed by atoms with Gasteiger partial charge in [-0.1, -0.05) is 38.3 Å². The van der Waals surface area contributed by atoms with E-state index in [0.29, 0.717) is 0 Å². The largest absolute Gasteiger partial charge is 0.336 e. The third-order valence-corrected chi connectivity index (χ3v) is 5.30. The molecule has 0 unspecified atom stereocenters. The fraction of sp³-hybridized carbons (Fsp3) is 0.632. The molecule has 1 heterocycles. The molecule has 1 aliphatic heterocycles. The number of nitrogens with zero attached hydrogens (tertiary/aromatic N) is 2. The van der Waals surface area contributed by atoms with E-state index in [4.69, 9.17) is 0 Å². The van der Waals surface area contributed by atoms with E-state index in [1.165, 1.54) is 37.7 Å². The molecule has 1 saturated carbocycles. The number of hydrogen-bond acceptors (Lipinski definition) is 2. The zero-order valence-corrected chi connectivity index (χ0v) is 13.8. The Morgan fingerprint density at radius 1 is 1.00 bits per heavy atom. The monoisotopic (exact) mass is 300 g/mol. The maximum atomic E-state index is 12.6. The second-order valence-corrected chi connectivity index (χ2v) is 6.67. The molecule has 0 aromatic heterocycles. The van der Waals surface area contributed by atoms with E-state index in [-0.39, 0.29) is 5.91 Å². The van der Waals surface area contributed by atoms with Crippen LogP contribution in [0.15, 0.2) is 24.3 Å². The van der Waals surface area contributed by atoms with Gasteiger partial charge in [0.05, 0.1) is 0 Å². The van der Waals surface area contributed by atoms with E-state index in [1.54, 1.807) is 0 Å². The zero-order chi connectivity index (χ0) is 15.4. The highest BCUT2D eigenvalue weighted by molar-refractivity contribution is 5.94. The van der Waals surface area contributed by atoms with Gasteiger partial charge in [0.25, 0.3) is 5.91 Å². The number of rotatable bonds is 3. The Bertz CT molecular complexity index is 483. The Hall–Kier alpha value is -1.35. The van der Waals surface area contributed by atoms with Crippen LogP contribution in [-0.2, 0) is 6.42 Å². The number of aryl methyl sites for hydroxylation is 1. The SMILES string of the molecule is CCc1ccc(C(=O)N2CCN(C3CCCCC3)CC2)cc1. The van der Waals surface area contributed by atoms with Gasteiger partial charge < -0.3 is 4.90 Å². The molecule has 2 fully saturated rings. The molecule has 3 rings (SSSR count). The van der Waals surface area contributed by atoms with Crippen LogP contribution in [0.5, 0.6) is 0 Å². The third kappa shape index (κ3) is 3.52. The standard InChI is InChI=1S/C19H28N2O/c1-2-16-8-10-17(11-9-16)19(22)21-14-12-20(13-15-21)18-6-4-3-5-7-18/h8-11,18H,2-7,12-15H2,1H3. The molecule has 0 bridgehead atoms. The highest BCUT2D eigenvalue weighted by Gasteiger charge is 2.27. The normalized spacial score (nSPS) is 21.0. The van der Waals surface area contributed by atoms with Crippen molar-refractivity contribution < 1.29 is 4.79 Å². The summed E-state index contributed by atoms with van der Waals surface area (Å²) < 4.78 is 0. The molecule has 120 valence electrons. The van der Waals surface area contributed by atoms with Gasteiger partial charge in [0.1, 0.15) is 0 Å². The van der Waals surface area contributed by atoms with Gasteiger partial charge in [-0.2, -0.15) is 0 Å². The van der Waals surface area contributed by atoms with Gasteiger partial charge >= 0.3 is 0 Å². The Kier molecular flexibility index (Phi) is 5.14. The maximum absolute atomic E-state index is 12.6. The zero-order valence-electron chi connectivity index (χ0n) is 13.8. The number of benzene rings is 1. The predicted octanol–water partition coefficient (Wildman–Crippen LogP) is 3.34. The van der Waals surface area contributed by atoms with Crippen molar-refractivity contribution in [2.75, 3.05) is 26.2 Å². The van der Waals surface area contributed by atoms with E-state index < -0.39 is 0 Å². The van der Waals surface area contributed by atoms with E-state index >= 15 is 0 Å². The summed E-state index contributed by atoms with van der Waals surface area (Å²) in [5.41, 5.74) is 2.13. The first kappa shape index (κ1) is 15.5. The Labute approximate surface area is 134 Å². The quantitative estimate of drug-likeness (QED) is 0.855. The summed E-state index contributed by atoms with van der Waals surface area (Å²) in [6, 6.07) is 8.88. The van der Waals surface area contributed by atoms with Gasteiger partial charge in [0, 0.05) is 37.8 Å². The fourth-order valence-electron chi connectivity index (χ4n) is 3.80. The maximum Gasteiger partial charge on any atom is 0.253 e. The van der Waals surface area contributed by atoms with Crippen molar-refractivity contribution in [2.24, 2.45) is 0 Å².